The first-order chi connectivity index (χ1) is 11.6. The Labute approximate surface area is 146 Å². The van der Waals surface area contributed by atoms with Gasteiger partial charge in [0.1, 0.15) is 16.5 Å². The van der Waals surface area contributed by atoms with E-state index in [1.807, 2.05) is 0 Å². The van der Waals surface area contributed by atoms with Crippen LogP contribution in [0.3, 0.4) is 0 Å². The van der Waals surface area contributed by atoms with Crippen molar-refractivity contribution in [2.75, 3.05) is 19.9 Å². The van der Waals surface area contributed by atoms with Crippen LogP contribution in [0.2, 0.25) is 0 Å². The predicted molar refractivity (Wildman–Crippen MR) is 91.4 cm³/mol. The van der Waals surface area contributed by atoms with Crippen molar-refractivity contribution >= 4 is 19.9 Å². The predicted octanol–water partition coefficient (Wildman–Crippen LogP) is 1.76. The molecule has 0 aliphatic heterocycles. The maximum Gasteiger partial charge on any atom is 0.244 e. The lowest BCUT2D eigenvalue weighted by Gasteiger charge is -2.12. The van der Waals surface area contributed by atoms with Gasteiger partial charge >= 0.3 is 0 Å². The molecule has 0 aliphatic carbocycles. The van der Waals surface area contributed by atoms with E-state index in [0.717, 1.165) is 17.9 Å². The highest BCUT2D eigenvalue weighted by Gasteiger charge is 2.22. The molecule has 0 saturated heterocycles. The summed E-state index contributed by atoms with van der Waals surface area (Å²) in [6, 6.07) is 9.36. The highest BCUT2D eigenvalue weighted by Crippen LogP contribution is 2.26. The van der Waals surface area contributed by atoms with Gasteiger partial charge in [-0.25, -0.2) is 25.9 Å². The fourth-order valence-corrected chi connectivity index (χ4v) is 4.10. The molecule has 0 aromatic heterocycles. The Kier molecular flexibility index (Phi) is 5.81. The number of halogens is 1. The maximum atomic E-state index is 12.9. The number of methoxy groups -OCH3 is 1. The van der Waals surface area contributed by atoms with Crippen LogP contribution < -0.4 is 9.46 Å². The molecule has 136 valence electrons. The topological polar surface area (TPSA) is 89.5 Å². The van der Waals surface area contributed by atoms with Crippen LogP contribution >= 0.6 is 0 Å². The molecule has 9 heteroatoms. The van der Waals surface area contributed by atoms with E-state index < -0.39 is 19.9 Å². The van der Waals surface area contributed by atoms with Crippen LogP contribution in [-0.2, 0) is 26.3 Å². The van der Waals surface area contributed by atoms with E-state index in [1.54, 1.807) is 12.1 Å². The summed E-state index contributed by atoms with van der Waals surface area (Å²) in [6.45, 7) is 0.0697. The summed E-state index contributed by atoms with van der Waals surface area (Å²) in [4.78, 5) is -0.371. The Morgan fingerprint density at radius 1 is 1.04 bits per heavy atom. The lowest BCUT2D eigenvalue weighted by molar-refractivity contribution is 0.401. The van der Waals surface area contributed by atoms with Gasteiger partial charge in [0.15, 0.2) is 9.84 Å². The van der Waals surface area contributed by atoms with Gasteiger partial charge in [-0.05, 0) is 42.3 Å². The molecule has 0 radical (unpaired) electrons. The molecule has 0 unspecified atom stereocenters. The summed E-state index contributed by atoms with van der Waals surface area (Å²) < 4.78 is 68.6. The van der Waals surface area contributed by atoms with E-state index in [1.165, 1.54) is 31.4 Å². The quantitative estimate of drug-likeness (QED) is 0.782. The minimum absolute atomic E-state index is 0.0432. The largest absolute Gasteiger partial charge is 0.495 e. The molecule has 0 amide bonds. The third kappa shape index (κ3) is 5.00. The molecule has 1 N–H and O–H groups in total. The summed E-state index contributed by atoms with van der Waals surface area (Å²) in [7, 11) is -6.24. The highest BCUT2D eigenvalue weighted by molar-refractivity contribution is 7.91. The van der Waals surface area contributed by atoms with E-state index in [2.05, 4.69) is 4.72 Å². The van der Waals surface area contributed by atoms with Gasteiger partial charge in [0.25, 0.3) is 0 Å². The molecule has 0 bridgehead atoms. The lowest BCUT2D eigenvalue weighted by atomic mass is 10.1. The van der Waals surface area contributed by atoms with Crippen LogP contribution in [-0.4, -0.2) is 36.7 Å². The summed E-state index contributed by atoms with van der Waals surface area (Å²) in [5, 5.41) is 0. The van der Waals surface area contributed by atoms with Gasteiger partial charge < -0.3 is 4.74 Å². The van der Waals surface area contributed by atoms with Gasteiger partial charge in [0, 0.05) is 12.8 Å². The van der Waals surface area contributed by atoms with Crippen molar-refractivity contribution in [2.45, 2.75) is 16.2 Å². The number of hydrogen-bond acceptors (Lipinski definition) is 5. The molecule has 0 aliphatic rings. The zero-order chi connectivity index (χ0) is 18.7. The van der Waals surface area contributed by atoms with E-state index in [4.69, 9.17) is 4.74 Å². The summed E-state index contributed by atoms with van der Waals surface area (Å²) >= 11 is 0. The number of nitrogens with one attached hydrogen (secondary N) is 1. The average molecular weight is 387 g/mol. The number of sulfonamides is 1. The van der Waals surface area contributed by atoms with Crippen molar-refractivity contribution in [1.29, 1.82) is 0 Å². The summed E-state index contributed by atoms with van der Waals surface area (Å²) in [5.41, 5.74) is 0.765. The molecule has 0 saturated carbocycles. The fourth-order valence-electron chi connectivity index (χ4n) is 2.16. The Bertz CT molecular complexity index is 955. The number of hydrogen-bond donors (Lipinski definition) is 1. The van der Waals surface area contributed by atoms with Crippen LogP contribution in [0, 0.1) is 5.82 Å². The number of ether oxygens (including phenoxy) is 1. The van der Waals surface area contributed by atoms with Gasteiger partial charge in [-0.3, -0.25) is 0 Å². The maximum absolute atomic E-state index is 12.9. The van der Waals surface area contributed by atoms with Crippen LogP contribution in [0.25, 0.3) is 0 Å². The zero-order valence-corrected chi connectivity index (χ0v) is 15.3. The van der Waals surface area contributed by atoms with Crippen molar-refractivity contribution in [3.63, 3.8) is 0 Å². The molecule has 2 aromatic rings. The van der Waals surface area contributed by atoms with Crippen molar-refractivity contribution in [1.82, 2.24) is 4.72 Å². The van der Waals surface area contributed by atoms with E-state index in [-0.39, 0.29) is 27.9 Å². The molecular weight excluding hydrogens is 369 g/mol. The first-order valence-electron chi connectivity index (χ1n) is 7.26. The molecule has 6 nitrogen and oxygen atoms in total. The second-order valence-corrected chi connectivity index (χ2v) is 9.11. The van der Waals surface area contributed by atoms with Gasteiger partial charge in [-0.15, -0.1) is 0 Å². The number of sulfone groups is 1. The third-order valence-corrected chi connectivity index (χ3v) is 6.06. The van der Waals surface area contributed by atoms with Gasteiger partial charge in [0.2, 0.25) is 10.0 Å². The average Bonchev–Trinajstić information content (AvgIpc) is 2.55. The Balaban J connectivity index is 2.21. The summed E-state index contributed by atoms with van der Waals surface area (Å²) in [6.07, 6.45) is 1.35. The van der Waals surface area contributed by atoms with E-state index >= 15 is 0 Å². The third-order valence-electron chi connectivity index (χ3n) is 3.47. The molecule has 0 spiro atoms. The normalized spacial score (nSPS) is 12.1. The van der Waals surface area contributed by atoms with Crippen molar-refractivity contribution in [3.8, 4) is 5.75 Å². The van der Waals surface area contributed by atoms with Crippen molar-refractivity contribution < 1.29 is 26.0 Å². The standard InChI is InChI=1S/C16H18FNO5S2/c1-23-15-8-7-14(24(2,19)20)11-16(15)25(21,22)18-10-9-12-3-5-13(17)6-4-12/h3-8,11,18H,9-10H2,1-2H3. The van der Waals surface area contributed by atoms with E-state index in [9.17, 15) is 21.2 Å². The molecule has 0 fully saturated rings. The summed E-state index contributed by atoms with van der Waals surface area (Å²) in [5.74, 6) is -0.326. The smallest absolute Gasteiger partial charge is 0.244 e. The van der Waals surface area contributed by atoms with Gasteiger partial charge in [0.05, 0.1) is 12.0 Å². The first kappa shape index (κ1) is 19.4. The van der Waals surface area contributed by atoms with Crippen LogP contribution in [0.1, 0.15) is 5.56 Å². The second kappa shape index (κ2) is 7.51. The van der Waals surface area contributed by atoms with Crippen LogP contribution in [0.4, 0.5) is 4.39 Å². The molecule has 0 atom stereocenters. The van der Waals surface area contributed by atoms with Crippen molar-refractivity contribution in [2.24, 2.45) is 0 Å². The minimum atomic E-state index is -3.98. The Morgan fingerprint density at radius 2 is 1.68 bits per heavy atom. The van der Waals surface area contributed by atoms with Crippen molar-refractivity contribution in [3.05, 3.63) is 53.8 Å². The molecule has 2 aromatic carbocycles. The zero-order valence-electron chi connectivity index (χ0n) is 13.7. The molecule has 25 heavy (non-hydrogen) atoms. The molecular formula is C16H18FNO5S2. The minimum Gasteiger partial charge on any atom is -0.495 e. The Morgan fingerprint density at radius 3 is 2.24 bits per heavy atom. The van der Waals surface area contributed by atoms with E-state index in [0.29, 0.717) is 6.42 Å². The van der Waals surface area contributed by atoms with Gasteiger partial charge in [-0.2, -0.15) is 0 Å². The highest BCUT2D eigenvalue weighted by atomic mass is 32.2. The first-order valence-corrected chi connectivity index (χ1v) is 10.6. The SMILES string of the molecule is COc1ccc(S(C)(=O)=O)cc1S(=O)(=O)NCCc1ccc(F)cc1. The lowest BCUT2D eigenvalue weighted by Crippen LogP contribution is -2.26. The molecule has 2 rings (SSSR count). The Hall–Kier alpha value is -1.97. The van der Waals surface area contributed by atoms with Crippen LogP contribution in [0.15, 0.2) is 52.3 Å². The second-order valence-electron chi connectivity index (χ2n) is 5.36. The fraction of sp³-hybridized carbons (Fsp3) is 0.250. The monoisotopic (exact) mass is 387 g/mol. The number of benzene rings is 2. The van der Waals surface area contributed by atoms with Crippen LogP contribution in [0.5, 0.6) is 5.75 Å². The number of rotatable bonds is 7. The molecule has 0 heterocycles. The van der Waals surface area contributed by atoms with Gasteiger partial charge in [-0.1, -0.05) is 12.1 Å².